The highest BCUT2D eigenvalue weighted by atomic mass is 31.1. The summed E-state index contributed by atoms with van der Waals surface area (Å²) in [5.74, 6) is 0. The minimum absolute atomic E-state index is 0.108. The number of fused-ring (bicyclic) bond motifs is 3. The third-order valence-corrected chi connectivity index (χ3v) is 4.49. The van der Waals surface area contributed by atoms with Crippen molar-refractivity contribution in [3.8, 4) is 0 Å². The van der Waals surface area contributed by atoms with Crippen LogP contribution in [0.4, 0.5) is 0 Å². The Kier molecular flexibility index (Phi) is 2.83. The maximum absolute atomic E-state index is 6.00. The Morgan fingerprint density at radius 2 is 1.37 bits per heavy atom. The van der Waals surface area contributed by atoms with Gasteiger partial charge in [-0.1, -0.05) is 0 Å². The van der Waals surface area contributed by atoms with Crippen molar-refractivity contribution >= 4 is 30.2 Å². The van der Waals surface area contributed by atoms with E-state index >= 15 is 0 Å². The van der Waals surface area contributed by atoms with Crippen LogP contribution in [0, 0.1) is 0 Å². The van der Waals surface area contributed by atoms with Gasteiger partial charge in [0.1, 0.15) is 0 Å². The molecule has 4 nitrogen and oxygen atoms in total. The standard InChI is InChI=1S/C14H15N2O2P/c1-14(2,3)19-17-12-10(6-4-8-15-12)11-7-5-9-16-13(11)18-19/h4-9H,1-3H3. The van der Waals surface area contributed by atoms with Crippen molar-refractivity contribution in [2.75, 3.05) is 0 Å². The number of nitrogens with zero attached hydrogens (tertiary/aromatic N) is 2. The molecule has 5 heteroatoms. The minimum Gasteiger partial charge on any atom is -0.399 e. The summed E-state index contributed by atoms with van der Waals surface area (Å²) in [5.41, 5.74) is 1.24. The molecule has 0 fully saturated rings. The second-order valence-corrected chi connectivity index (χ2v) is 7.54. The highest BCUT2D eigenvalue weighted by Gasteiger charge is 2.21. The highest BCUT2D eigenvalue weighted by Crippen LogP contribution is 2.45. The lowest BCUT2D eigenvalue weighted by Crippen LogP contribution is -1.99. The first-order valence-corrected chi connectivity index (χ1v) is 7.30. The van der Waals surface area contributed by atoms with Crippen molar-refractivity contribution in [2.24, 2.45) is 0 Å². The van der Waals surface area contributed by atoms with Crippen LogP contribution in [0.25, 0.3) is 22.2 Å². The van der Waals surface area contributed by atoms with Gasteiger partial charge in [-0.15, -0.1) is 0 Å². The van der Waals surface area contributed by atoms with Crippen molar-refractivity contribution in [3.05, 3.63) is 36.7 Å². The van der Waals surface area contributed by atoms with E-state index in [1.54, 1.807) is 12.4 Å². The van der Waals surface area contributed by atoms with Gasteiger partial charge < -0.3 is 8.39 Å². The summed E-state index contributed by atoms with van der Waals surface area (Å²) in [7, 11) is -1.14. The van der Waals surface area contributed by atoms with Crippen LogP contribution in [0.5, 0.6) is 0 Å². The molecule has 3 aromatic heterocycles. The van der Waals surface area contributed by atoms with Gasteiger partial charge in [-0.25, -0.2) is 9.97 Å². The van der Waals surface area contributed by atoms with Crippen LogP contribution in [-0.4, -0.2) is 9.97 Å². The van der Waals surface area contributed by atoms with Gasteiger partial charge in [0, 0.05) is 12.4 Å². The smallest absolute Gasteiger partial charge is 0.233 e. The molecule has 0 N–H and O–H groups in total. The highest BCUT2D eigenvalue weighted by molar-refractivity contribution is 7.38. The molecule has 19 heavy (non-hydrogen) atoms. The third-order valence-electron chi connectivity index (χ3n) is 2.72. The van der Waals surface area contributed by atoms with E-state index in [1.807, 2.05) is 24.3 Å². The third kappa shape index (κ3) is 2.24. The molecule has 0 atom stereocenters. The lowest BCUT2D eigenvalue weighted by atomic mass is 10.2. The molecule has 0 saturated heterocycles. The van der Waals surface area contributed by atoms with Crippen molar-refractivity contribution in [3.63, 3.8) is 0 Å². The Morgan fingerprint density at radius 3 is 1.79 bits per heavy atom. The molecule has 0 aliphatic heterocycles. The molecule has 3 rings (SSSR count). The van der Waals surface area contributed by atoms with Crippen LogP contribution in [0.2, 0.25) is 0 Å². The van der Waals surface area contributed by atoms with Gasteiger partial charge in [-0.05, 0) is 45.0 Å². The second kappa shape index (κ2) is 4.39. The zero-order valence-corrected chi connectivity index (χ0v) is 12.0. The fourth-order valence-electron chi connectivity index (χ4n) is 1.79. The van der Waals surface area contributed by atoms with E-state index in [4.69, 9.17) is 8.39 Å². The van der Waals surface area contributed by atoms with Crippen molar-refractivity contribution in [1.29, 1.82) is 0 Å². The summed E-state index contributed by atoms with van der Waals surface area (Å²) < 4.78 is 12.0. The zero-order chi connectivity index (χ0) is 13.5. The quantitative estimate of drug-likeness (QED) is 0.588. The Labute approximate surface area is 112 Å². The molecule has 3 aromatic rings. The normalized spacial score (nSPS) is 11.9. The molecular formula is C14H15N2O2P. The molecule has 0 aromatic carbocycles. The molecular weight excluding hydrogens is 259 g/mol. The molecule has 0 aliphatic rings. The Bertz CT molecular complexity index is 717. The maximum Gasteiger partial charge on any atom is 0.233 e. The Balaban J connectivity index is 2.56. The van der Waals surface area contributed by atoms with Gasteiger partial charge in [0.15, 0.2) is 0 Å². The van der Waals surface area contributed by atoms with Crippen LogP contribution in [0.3, 0.4) is 0 Å². The molecule has 0 aliphatic carbocycles. The number of aromatic nitrogens is 2. The average Bonchev–Trinajstić information content (AvgIpc) is 2.55. The summed E-state index contributed by atoms with van der Waals surface area (Å²) in [6.07, 6.45) is 3.47. The van der Waals surface area contributed by atoms with Gasteiger partial charge in [0.05, 0.1) is 15.9 Å². The molecule has 0 saturated carbocycles. The maximum atomic E-state index is 6.00. The first kappa shape index (κ1) is 12.2. The van der Waals surface area contributed by atoms with E-state index in [2.05, 4.69) is 30.7 Å². The van der Waals surface area contributed by atoms with E-state index < -0.39 is 8.01 Å². The van der Waals surface area contributed by atoms with Crippen molar-refractivity contribution in [1.82, 2.24) is 9.97 Å². The summed E-state index contributed by atoms with van der Waals surface area (Å²) in [5, 5.41) is 1.75. The minimum atomic E-state index is -1.14. The van der Waals surface area contributed by atoms with E-state index in [1.165, 1.54) is 0 Å². The summed E-state index contributed by atoms with van der Waals surface area (Å²) in [6, 6.07) is 7.74. The van der Waals surface area contributed by atoms with E-state index in [9.17, 15) is 0 Å². The molecule has 0 radical (unpaired) electrons. The number of pyridine rings is 2. The predicted molar refractivity (Wildman–Crippen MR) is 76.9 cm³/mol. The van der Waals surface area contributed by atoms with Crippen LogP contribution >= 0.6 is 8.01 Å². The summed E-state index contributed by atoms with van der Waals surface area (Å²) in [4.78, 5) is 8.66. The Morgan fingerprint density at radius 1 is 0.895 bits per heavy atom. The van der Waals surface area contributed by atoms with Gasteiger partial charge in [-0.2, -0.15) is 0 Å². The molecule has 98 valence electrons. The molecule has 0 spiro atoms. The first-order chi connectivity index (χ1) is 9.05. The van der Waals surface area contributed by atoms with Gasteiger partial charge in [-0.3, -0.25) is 0 Å². The van der Waals surface area contributed by atoms with Gasteiger partial charge >= 0.3 is 0 Å². The number of rotatable bonds is 0. The van der Waals surface area contributed by atoms with Crippen LogP contribution < -0.4 is 0 Å². The number of hydrogen-bond acceptors (Lipinski definition) is 4. The zero-order valence-electron chi connectivity index (χ0n) is 11.1. The van der Waals surface area contributed by atoms with Crippen molar-refractivity contribution < 1.29 is 8.39 Å². The lowest BCUT2D eigenvalue weighted by molar-refractivity contribution is 0.557. The fourth-order valence-corrected chi connectivity index (χ4v) is 2.98. The first-order valence-electron chi connectivity index (χ1n) is 6.12. The average molecular weight is 274 g/mol. The largest absolute Gasteiger partial charge is 0.399 e. The van der Waals surface area contributed by atoms with Gasteiger partial charge in [0.25, 0.3) is 0 Å². The topological polar surface area (TPSA) is 52.1 Å². The summed E-state index contributed by atoms with van der Waals surface area (Å²) in [6.45, 7) is 6.28. The fraction of sp³-hybridized carbons (Fsp3) is 0.286. The second-order valence-electron chi connectivity index (χ2n) is 5.32. The molecule has 0 bridgehead atoms. The molecule has 0 amide bonds. The van der Waals surface area contributed by atoms with Crippen LogP contribution in [0.1, 0.15) is 20.8 Å². The van der Waals surface area contributed by atoms with Gasteiger partial charge in [0.2, 0.25) is 19.4 Å². The van der Waals surface area contributed by atoms with Crippen molar-refractivity contribution in [2.45, 2.75) is 25.9 Å². The lowest BCUT2D eigenvalue weighted by Gasteiger charge is -2.12. The van der Waals surface area contributed by atoms with Crippen LogP contribution in [-0.2, 0) is 5.16 Å². The van der Waals surface area contributed by atoms with Crippen LogP contribution in [0.15, 0.2) is 45.1 Å². The van der Waals surface area contributed by atoms with E-state index in [0.717, 1.165) is 10.8 Å². The summed E-state index contributed by atoms with van der Waals surface area (Å²) >= 11 is 0. The molecule has 0 unspecified atom stereocenters. The monoisotopic (exact) mass is 274 g/mol. The number of hydrogen-bond donors (Lipinski definition) is 0. The predicted octanol–water partition coefficient (Wildman–Crippen LogP) is 4.84. The Hall–Kier alpha value is -1.80. The molecule has 3 heterocycles. The van der Waals surface area contributed by atoms with E-state index in [-0.39, 0.29) is 5.16 Å². The SMILES string of the molecule is CC(C)(C)p1oc2ncccc2c2cccnc2o1. The van der Waals surface area contributed by atoms with E-state index in [0.29, 0.717) is 11.4 Å².